The first-order chi connectivity index (χ1) is 6.25. The van der Waals surface area contributed by atoms with Gasteiger partial charge in [-0.3, -0.25) is 0 Å². The molecule has 1 aliphatic carbocycles. The highest BCUT2D eigenvalue weighted by molar-refractivity contribution is 4.82. The van der Waals surface area contributed by atoms with E-state index in [1.54, 1.807) is 0 Å². The van der Waals surface area contributed by atoms with Crippen LogP contribution in [0.25, 0.3) is 0 Å². The van der Waals surface area contributed by atoms with E-state index in [1.165, 1.54) is 19.3 Å². The third kappa shape index (κ3) is 3.28. The molecular weight excluding hydrogens is 162 g/mol. The van der Waals surface area contributed by atoms with E-state index >= 15 is 0 Å². The van der Waals surface area contributed by atoms with Crippen molar-refractivity contribution in [3.63, 3.8) is 0 Å². The Morgan fingerprint density at radius 3 is 2.77 bits per heavy atom. The van der Waals surface area contributed by atoms with Crippen LogP contribution in [0.2, 0.25) is 0 Å². The van der Waals surface area contributed by atoms with Crippen molar-refractivity contribution in [3.8, 4) is 0 Å². The molecule has 0 aromatic heterocycles. The highest BCUT2D eigenvalue weighted by atomic mass is 16.5. The van der Waals surface area contributed by atoms with Gasteiger partial charge in [-0.25, -0.2) is 0 Å². The van der Waals surface area contributed by atoms with Crippen molar-refractivity contribution in [2.45, 2.75) is 45.6 Å². The summed E-state index contributed by atoms with van der Waals surface area (Å²) in [4.78, 5) is 0. The Labute approximate surface area is 81.8 Å². The molecule has 13 heavy (non-hydrogen) atoms. The van der Waals surface area contributed by atoms with E-state index in [0.29, 0.717) is 5.92 Å². The molecule has 0 spiro atoms. The van der Waals surface area contributed by atoms with E-state index in [1.807, 2.05) is 0 Å². The molecule has 0 aromatic rings. The molecule has 2 N–H and O–H groups in total. The van der Waals surface area contributed by atoms with Crippen LogP contribution in [0, 0.1) is 11.8 Å². The van der Waals surface area contributed by atoms with E-state index in [2.05, 4.69) is 13.8 Å². The summed E-state index contributed by atoms with van der Waals surface area (Å²) in [6.45, 7) is 6.05. The van der Waals surface area contributed by atoms with E-state index in [0.717, 1.165) is 25.6 Å². The Hall–Kier alpha value is -0.0800. The lowest BCUT2D eigenvalue weighted by Gasteiger charge is -2.22. The lowest BCUT2D eigenvalue weighted by Crippen LogP contribution is -2.36. The third-order valence-corrected chi connectivity index (χ3v) is 3.14. The van der Waals surface area contributed by atoms with Gasteiger partial charge >= 0.3 is 0 Å². The summed E-state index contributed by atoms with van der Waals surface area (Å²) < 4.78 is 5.48. The number of hydrogen-bond donors (Lipinski definition) is 1. The molecule has 0 heterocycles. The van der Waals surface area contributed by atoms with Gasteiger partial charge in [-0.05, 0) is 24.7 Å². The molecule has 0 saturated heterocycles. The normalized spacial score (nSPS) is 30.7. The van der Waals surface area contributed by atoms with Crippen molar-refractivity contribution < 1.29 is 4.74 Å². The fourth-order valence-electron chi connectivity index (χ4n) is 2.30. The molecule has 0 aromatic carbocycles. The van der Waals surface area contributed by atoms with Crippen LogP contribution >= 0.6 is 0 Å². The minimum absolute atomic E-state index is 0.268. The smallest absolute Gasteiger partial charge is 0.0620 e. The second-order valence-corrected chi connectivity index (χ2v) is 4.31. The Kier molecular flexibility index (Phi) is 4.74. The SMILES string of the molecule is CCCOCC(N)C1CCCC1C. The minimum Gasteiger partial charge on any atom is -0.380 e. The highest BCUT2D eigenvalue weighted by Crippen LogP contribution is 2.32. The maximum Gasteiger partial charge on any atom is 0.0620 e. The summed E-state index contributed by atoms with van der Waals surface area (Å²) in [5, 5.41) is 0. The van der Waals surface area contributed by atoms with Gasteiger partial charge in [-0.2, -0.15) is 0 Å². The summed E-state index contributed by atoms with van der Waals surface area (Å²) in [5.41, 5.74) is 6.09. The first-order valence-corrected chi connectivity index (χ1v) is 5.59. The summed E-state index contributed by atoms with van der Waals surface area (Å²) in [7, 11) is 0. The van der Waals surface area contributed by atoms with E-state index in [9.17, 15) is 0 Å². The van der Waals surface area contributed by atoms with E-state index in [4.69, 9.17) is 10.5 Å². The van der Waals surface area contributed by atoms with Crippen molar-refractivity contribution >= 4 is 0 Å². The predicted octanol–water partition coefficient (Wildman–Crippen LogP) is 2.18. The Balaban J connectivity index is 2.18. The lowest BCUT2D eigenvalue weighted by atomic mass is 9.91. The molecule has 3 unspecified atom stereocenters. The van der Waals surface area contributed by atoms with Crippen LogP contribution in [0.5, 0.6) is 0 Å². The molecule has 0 amide bonds. The van der Waals surface area contributed by atoms with Crippen molar-refractivity contribution in [3.05, 3.63) is 0 Å². The van der Waals surface area contributed by atoms with Crippen molar-refractivity contribution in [2.75, 3.05) is 13.2 Å². The Morgan fingerprint density at radius 1 is 1.46 bits per heavy atom. The molecule has 0 aliphatic heterocycles. The van der Waals surface area contributed by atoms with Crippen LogP contribution < -0.4 is 5.73 Å². The topological polar surface area (TPSA) is 35.2 Å². The molecule has 1 aliphatic rings. The molecule has 2 nitrogen and oxygen atoms in total. The molecule has 0 radical (unpaired) electrons. The summed E-state index contributed by atoms with van der Waals surface area (Å²) in [5.74, 6) is 1.51. The van der Waals surface area contributed by atoms with Gasteiger partial charge in [-0.1, -0.05) is 26.7 Å². The first kappa shape index (κ1) is 11.0. The van der Waals surface area contributed by atoms with Gasteiger partial charge in [0, 0.05) is 12.6 Å². The number of rotatable bonds is 5. The second kappa shape index (κ2) is 5.61. The molecule has 2 heteroatoms. The van der Waals surface area contributed by atoms with E-state index in [-0.39, 0.29) is 6.04 Å². The molecular formula is C11H23NO. The number of ether oxygens (including phenoxy) is 1. The van der Waals surface area contributed by atoms with Crippen molar-refractivity contribution in [1.82, 2.24) is 0 Å². The van der Waals surface area contributed by atoms with Crippen molar-refractivity contribution in [2.24, 2.45) is 17.6 Å². The Morgan fingerprint density at radius 2 is 2.23 bits per heavy atom. The molecule has 0 bridgehead atoms. The van der Waals surface area contributed by atoms with Gasteiger partial charge < -0.3 is 10.5 Å². The zero-order valence-corrected chi connectivity index (χ0v) is 8.96. The number of hydrogen-bond acceptors (Lipinski definition) is 2. The monoisotopic (exact) mass is 185 g/mol. The Bertz CT molecular complexity index is 138. The molecule has 1 saturated carbocycles. The van der Waals surface area contributed by atoms with Gasteiger partial charge in [0.1, 0.15) is 0 Å². The lowest BCUT2D eigenvalue weighted by molar-refractivity contribution is 0.0999. The largest absolute Gasteiger partial charge is 0.380 e. The zero-order chi connectivity index (χ0) is 9.68. The fourth-order valence-corrected chi connectivity index (χ4v) is 2.30. The standard InChI is InChI=1S/C11H23NO/c1-3-7-13-8-11(12)10-6-4-5-9(10)2/h9-11H,3-8,12H2,1-2H3. The van der Waals surface area contributed by atoms with Crippen LogP contribution in [0.4, 0.5) is 0 Å². The van der Waals surface area contributed by atoms with Crippen LogP contribution in [0.15, 0.2) is 0 Å². The van der Waals surface area contributed by atoms with Gasteiger partial charge in [-0.15, -0.1) is 0 Å². The molecule has 1 rings (SSSR count). The maximum absolute atomic E-state index is 6.09. The van der Waals surface area contributed by atoms with Gasteiger partial charge in [0.15, 0.2) is 0 Å². The minimum atomic E-state index is 0.268. The third-order valence-electron chi connectivity index (χ3n) is 3.14. The van der Waals surface area contributed by atoms with E-state index < -0.39 is 0 Å². The summed E-state index contributed by atoms with van der Waals surface area (Å²) >= 11 is 0. The molecule has 78 valence electrons. The number of nitrogens with two attached hydrogens (primary N) is 1. The summed E-state index contributed by atoms with van der Waals surface area (Å²) in [6.07, 6.45) is 5.10. The average molecular weight is 185 g/mol. The average Bonchev–Trinajstić information content (AvgIpc) is 2.52. The van der Waals surface area contributed by atoms with Crippen LogP contribution in [-0.2, 0) is 4.74 Å². The first-order valence-electron chi connectivity index (χ1n) is 5.59. The molecule has 3 atom stereocenters. The van der Waals surface area contributed by atoms with Gasteiger partial charge in [0.05, 0.1) is 6.61 Å². The van der Waals surface area contributed by atoms with Gasteiger partial charge in [0.25, 0.3) is 0 Å². The van der Waals surface area contributed by atoms with Gasteiger partial charge in [0.2, 0.25) is 0 Å². The zero-order valence-electron chi connectivity index (χ0n) is 8.96. The quantitative estimate of drug-likeness (QED) is 0.666. The maximum atomic E-state index is 6.09. The molecule has 1 fully saturated rings. The van der Waals surface area contributed by atoms with Crippen molar-refractivity contribution in [1.29, 1.82) is 0 Å². The second-order valence-electron chi connectivity index (χ2n) is 4.31. The summed E-state index contributed by atoms with van der Waals surface area (Å²) in [6, 6.07) is 0.268. The predicted molar refractivity (Wildman–Crippen MR) is 55.6 cm³/mol. The highest BCUT2D eigenvalue weighted by Gasteiger charge is 2.28. The van der Waals surface area contributed by atoms with Crippen LogP contribution in [-0.4, -0.2) is 19.3 Å². The van der Waals surface area contributed by atoms with Crippen LogP contribution in [0.1, 0.15) is 39.5 Å². The fraction of sp³-hybridized carbons (Fsp3) is 1.00. The van der Waals surface area contributed by atoms with Crippen LogP contribution in [0.3, 0.4) is 0 Å².